The van der Waals surface area contributed by atoms with Gasteiger partial charge in [0, 0.05) is 6.07 Å². The number of carbonyl (C=O) groups is 2. The van der Waals surface area contributed by atoms with Gasteiger partial charge in [-0.25, -0.2) is 9.67 Å². The van der Waals surface area contributed by atoms with Crippen molar-refractivity contribution in [3.8, 4) is 11.7 Å². The largest absolute Gasteiger partial charge is 0.480 e. The Labute approximate surface area is 181 Å². The molecule has 0 bridgehead atoms. The fourth-order valence-corrected chi connectivity index (χ4v) is 4.24. The smallest absolute Gasteiger partial charge is 0.434 e. The average molecular weight is 473 g/mol. The molecule has 0 aromatic carbocycles. The summed E-state index contributed by atoms with van der Waals surface area (Å²) < 4.78 is 47.1. The standard InChI is InChI=1S/C16H14F3N7O3S2/c1-7-14(30-6-9(20)27)31-15(22-7)23-13(28)8-5-21-26(12(8)16(17,18)19)10-3-4-11(29-2)25-24-10/h3-5H,6H2,1-2H3,(H2,20,27)(H,22,23,28). The number of carbonyl (C=O) groups excluding carboxylic acids is 2. The topological polar surface area (TPSA) is 138 Å². The summed E-state index contributed by atoms with van der Waals surface area (Å²) in [7, 11) is 1.33. The number of nitrogens with two attached hydrogens (primary N) is 1. The number of ether oxygens (including phenoxy) is 1. The second-order valence-electron chi connectivity index (χ2n) is 5.85. The van der Waals surface area contributed by atoms with Gasteiger partial charge < -0.3 is 10.5 Å². The lowest BCUT2D eigenvalue weighted by atomic mass is 10.2. The van der Waals surface area contributed by atoms with Crippen molar-refractivity contribution in [1.82, 2.24) is 25.0 Å². The van der Waals surface area contributed by atoms with Crippen LogP contribution < -0.4 is 15.8 Å². The number of primary amides is 1. The number of nitrogens with one attached hydrogen (secondary N) is 1. The molecule has 3 heterocycles. The predicted molar refractivity (Wildman–Crippen MR) is 105 cm³/mol. The SMILES string of the molecule is COc1ccc(-n2ncc(C(=O)Nc3nc(C)c(SCC(N)=O)s3)c2C(F)(F)F)nn1. The van der Waals surface area contributed by atoms with Gasteiger partial charge in [-0.15, -0.1) is 22.0 Å². The van der Waals surface area contributed by atoms with Crippen LogP contribution in [0.2, 0.25) is 0 Å². The van der Waals surface area contributed by atoms with E-state index in [0.717, 1.165) is 29.3 Å². The number of anilines is 1. The molecular weight excluding hydrogens is 459 g/mol. The molecule has 3 N–H and O–H groups in total. The van der Waals surface area contributed by atoms with Gasteiger partial charge in [0.15, 0.2) is 16.6 Å². The monoisotopic (exact) mass is 473 g/mol. The van der Waals surface area contributed by atoms with Crippen LogP contribution in [0.5, 0.6) is 5.88 Å². The van der Waals surface area contributed by atoms with Crippen LogP contribution in [-0.2, 0) is 11.0 Å². The highest BCUT2D eigenvalue weighted by atomic mass is 32.2. The molecule has 0 spiro atoms. The van der Waals surface area contributed by atoms with Crippen LogP contribution in [0.15, 0.2) is 22.5 Å². The summed E-state index contributed by atoms with van der Waals surface area (Å²) in [4.78, 5) is 27.6. The first-order valence-electron chi connectivity index (χ1n) is 8.33. The number of thiazole rings is 1. The van der Waals surface area contributed by atoms with Gasteiger partial charge in [0.2, 0.25) is 11.8 Å². The Balaban J connectivity index is 1.90. The minimum Gasteiger partial charge on any atom is -0.480 e. The normalized spacial score (nSPS) is 11.4. The van der Waals surface area contributed by atoms with E-state index >= 15 is 0 Å². The molecule has 31 heavy (non-hydrogen) atoms. The minimum atomic E-state index is -4.91. The number of hydrogen-bond acceptors (Lipinski definition) is 9. The number of alkyl halides is 3. The van der Waals surface area contributed by atoms with Crippen molar-refractivity contribution in [2.45, 2.75) is 17.3 Å². The van der Waals surface area contributed by atoms with Crippen molar-refractivity contribution in [3.05, 3.63) is 35.3 Å². The summed E-state index contributed by atoms with van der Waals surface area (Å²) in [5.41, 5.74) is 3.57. The van der Waals surface area contributed by atoms with E-state index in [2.05, 4.69) is 25.6 Å². The average Bonchev–Trinajstić information content (AvgIpc) is 3.30. The number of halogens is 3. The highest BCUT2D eigenvalue weighted by Gasteiger charge is 2.41. The van der Waals surface area contributed by atoms with E-state index in [4.69, 9.17) is 10.5 Å². The molecule has 2 amide bonds. The lowest BCUT2D eigenvalue weighted by Gasteiger charge is -2.11. The predicted octanol–water partition coefficient (Wildman–Crippen LogP) is 2.28. The fourth-order valence-electron chi connectivity index (χ4n) is 2.37. The molecule has 0 fully saturated rings. The number of amides is 2. The number of aryl methyl sites for hydroxylation is 1. The van der Waals surface area contributed by atoms with E-state index in [1.807, 2.05) is 0 Å². The lowest BCUT2D eigenvalue weighted by Crippen LogP contribution is -2.21. The lowest BCUT2D eigenvalue weighted by molar-refractivity contribution is -0.143. The van der Waals surface area contributed by atoms with Crippen molar-refractivity contribution in [2.24, 2.45) is 5.73 Å². The zero-order valence-corrected chi connectivity index (χ0v) is 17.6. The first-order valence-corrected chi connectivity index (χ1v) is 10.1. The van der Waals surface area contributed by atoms with Crippen LogP contribution >= 0.6 is 23.1 Å². The van der Waals surface area contributed by atoms with E-state index in [9.17, 15) is 22.8 Å². The van der Waals surface area contributed by atoms with Gasteiger partial charge in [0.1, 0.15) is 0 Å². The van der Waals surface area contributed by atoms with E-state index in [0.29, 0.717) is 14.6 Å². The van der Waals surface area contributed by atoms with Gasteiger partial charge >= 0.3 is 6.18 Å². The molecule has 3 rings (SSSR count). The summed E-state index contributed by atoms with van der Waals surface area (Å²) in [6, 6.07) is 2.54. The van der Waals surface area contributed by atoms with E-state index in [-0.39, 0.29) is 22.6 Å². The zero-order valence-electron chi connectivity index (χ0n) is 15.9. The van der Waals surface area contributed by atoms with Crippen molar-refractivity contribution >= 4 is 40.0 Å². The van der Waals surface area contributed by atoms with Gasteiger partial charge in [-0.1, -0.05) is 11.3 Å². The molecule has 10 nitrogen and oxygen atoms in total. The van der Waals surface area contributed by atoms with Crippen LogP contribution in [0.25, 0.3) is 5.82 Å². The third-order valence-corrected chi connectivity index (χ3v) is 6.11. The molecule has 0 aliphatic rings. The van der Waals surface area contributed by atoms with Gasteiger partial charge in [-0.3, -0.25) is 14.9 Å². The molecule has 0 atom stereocenters. The summed E-state index contributed by atoms with van der Waals surface area (Å²) in [5.74, 6) is -1.73. The van der Waals surface area contributed by atoms with E-state index in [1.54, 1.807) is 6.92 Å². The third-order valence-electron chi connectivity index (χ3n) is 3.65. The van der Waals surface area contributed by atoms with Crippen molar-refractivity contribution < 1.29 is 27.5 Å². The minimum absolute atomic E-state index is 0.00427. The molecule has 0 aliphatic heterocycles. The highest BCUT2D eigenvalue weighted by Crippen LogP contribution is 2.35. The zero-order chi connectivity index (χ0) is 22.8. The number of aromatic nitrogens is 5. The van der Waals surface area contributed by atoms with Crippen LogP contribution in [-0.4, -0.2) is 49.6 Å². The maximum atomic E-state index is 13.7. The summed E-state index contributed by atoms with van der Waals surface area (Å²) in [6.45, 7) is 1.64. The Bertz CT molecular complexity index is 1110. The molecule has 3 aromatic rings. The second kappa shape index (κ2) is 8.89. The Morgan fingerprint density at radius 1 is 1.32 bits per heavy atom. The van der Waals surface area contributed by atoms with E-state index < -0.39 is 29.2 Å². The number of methoxy groups -OCH3 is 1. The molecule has 0 saturated carbocycles. The fraction of sp³-hybridized carbons (Fsp3) is 0.250. The Kier molecular flexibility index (Phi) is 6.45. The number of nitrogens with zero attached hydrogens (tertiary/aromatic N) is 5. The van der Waals surface area contributed by atoms with Crippen LogP contribution in [0.1, 0.15) is 21.7 Å². The van der Waals surface area contributed by atoms with Gasteiger partial charge in [-0.05, 0) is 13.0 Å². The van der Waals surface area contributed by atoms with E-state index in [1.165, 1.54) is 19.2 Å². The van der Waals surface area contributed by atoms with Crippen LogP contribution in [0, 0.1) is 6.92 Å². The Morgan fingerprint density at radius 2 is 2.06 bits per heavy atom. The third kappa shape index (κ3) is 5.11. The number of thioether (sulfide) groups is 1. The van der Waals surface area contributed by atoms with Gasteiger partial charge in [0.25, 0.3) is 5.91 Å². The molecule has 0 radical (unpaired) electrons. The quantitative estimate of drug-likeness (QED) is 0.499. The molecule has 0 saturated heterocycles. The van der Waals surface area contributed by atoms with Gasteiger partial charge in [0.05, 0.1) is 34.5 Å². The number of hydrogen-bond donors (Lipinski definition) is 2. The molecule has 3 aromatic heterocycles. The van der Waals surface area contributed by atoms with Crippen molar-refractivity contribution in [3.63, 3.8) is 0 Å². The molecule has 164 valence electrons. The molecule has 0 aliphatic carbocycles. The molecule has 15 heteroatoms. The highest BCUT2D eigenvalue weighted by molar-refractivity contribution is 8.01. The maximum absolute atomic E-state index is 13.7. The second-order valence-corrected chi connectivity index (χ2v) is 8.09. The maximum Gasteiger partial charge on any atom is 0.434 e. The summed E-state index contributed by atoms with van der Waals surface area (Å²) in [5, 5.41) is 13.3. The first-order chi connectivity index (χ1) is 14.6. The Hall–Kier alpha value is -3.20. The first kappa shape index (κ1) is 22.5. The molecular formula is C16H14F3N7O3S2. The molecule has 0 unspecified atom stereocenters. The number of rotatable bonds is 7. The van der Waals surface area contributed by atoms with Crippen LogP contribution in [0.4, 0.5) is 18.3 Å². The summed E-state index contributed by atoms with van der Waals surface area (Å²) in [6.07, 6.45) is -4.13. The van der Waals surface area contributed by atoms with Crippen molar-refractivity contribution in [2.75, 3.05) is 18.2 Å². The van der Waals surface area contributed by atoms with Crippen LogP contribution in [0.3, 0.4) is 0 Å². The Morgan fingerprint density at radius 3 is 2.65 bits per heavy atom. The summed E-state index contributed by atoms with van der Waals surface area (Å²) >= 11 is 2.13. The van der Waals surface area contributed by atoms with Gasteiger partial charge in [-0.2, -0.15) is 18.3 Å². The van der Waals surface area contributed by atoms with Crippen molar-refractivity contribution in [1.29, 1.82) is 0 Å².